The highest BCUT2D eigenvalue weighted by molar-refractivity contribution is 5.83. The Kier molecular flexibility index (Phi) is 4.51. The predicted octanol–water partition coefficient (Wildman–Crippen LogP) is 5.93. The van der Waals surface area contributed by atoms with Crippen molar-refractivity contribution >= 4 is 11.1 Å². The van der Waals surface area contributed by atoms with Crippen LogP contribution in [0.4, 0.5) is 4.39 Å². The van der Waals surface area contributed by atoms with Crippen LogP contribution in [-0.2, 0) is 0 Å². The van der Waals surface area contributed by atoms with E-state index in [9.17, 15) is 4.39 Å². The van der Waals surface area contributed by atoms with E-state index in [1.165, 1.54) is 13.2 Å². The lowest BCUT2D eigenvalue weighted by Gasteiger charge is -2.11. The standard InChI is InChI=1S/C23H20FNO3/c1-13-9-16(10-14(2)22(13)27-4)15-5-8-20-21(11-15)28-23(25-20)18-12-17(26-3)6-7-19(18)24/h5-12H,1-4H3. The molecule has 0 aliphatic carbocycles. The molecule has 3 aromatic carbocycles. The quantitative estimate of drug-likeness (QED) is 0.442. The van der Waals surface area contributed by atoms with Crippen molar-refractivity contribution in [2.24, 2.45) is 0 Å². The van der Waals surface area contributed by atoms with Crippen LogP contribution in [0.5, 0.6) is 11.5 Å². The smallest absolute Gasteiger partial charge is 0.230 e. The zero-order valence-corrected chi connectivity index (χ0v) is 16.2. The Balaban J connectivity index is 1.79. The topological polar surface area (TPSA) is 44.5 Å². The summed E-state index contributed by atoms with van der Waals surface area (Å²) >= 11 is 0. The van der Waals surface area contributed by atoms with Crippen molar-refractivity contribution in [3.8, 4) is 34.1 Å². The van der Waals surface area contributed by atoms with Gasteiger partial charge in [-0.25, -0.2) is 9.37 Å². The molecule has 0 bridgehead atoms. The summed E-state index contributed by atoms with van der Waals surface area (Å²) < 4.78 is 30.8. The Bertz CT molecular complexity index is 1160. The summed E-state index contributed by atoms with van der Waals surface area (Å²) in [6.45, 7) is 4.04. The van der Waals surface area contributed by atoms with Crippen molar-refractivity contribution in [1.29, 1.82) is 0 Å². The number of hydrogen-bond acceptors (Lipinski definition) is 4. The Hall–Kier alpha value is -3.34. The van der Waals surface area contributed by atoms with Crippen molar-refractivity contribution < 1.29 is 18.3 Å². The van der Waals surface area contributed by atoms with Gasteiger partial charge in [-0.3, -0.25) is 0 Å². The van der Waals surface area contributed by atoms with Crippen LogP contribution in [0.1, 0.15) is 11.1 Å². The zero-order valence-electron chi connectivity index (χ0n) is 16.2. The van der Waals surface area contributed by atoms with Gasteiger partial charge in [-0.2, -0.15) is 0 Å². The van der Waals surface area contributed by atoms with E-state index in [0.717, 1.165) is 28.0 Å². The molecule has 28 heavy (non-hydrogen) atoms. The van der Waals surface area contributed by atoms with Crippen LogP contribution in [-0.4, -0.2) is 19.2 Å². The summed E-state index contributed by atoms with van der Waals surface area (Å²) in [5.41, 5.74) is 5.72. The molecular weight excluding hydrogens is 357 g/mol. The van der Waals surface area contributed by atoms with Crippen molar-refractivity contribution in [3.05, 3.63) is 65.5 Å². The monoisotopic (exact) mass is 377 g/mol. The number of ether oxygens (including phenoxy) is 2. The molecule has 0 fully saturated rings. The molecule has 4 rings (SSSR count). The van der Waals surface area contributed by atoms with Gasteiger partial charge in [0.25, 0.3) is 0 Å². The summed E-state index contributed by atoms with van der Waals surface area (Å²) in [6, 6.07) is 14.4. The molecule has 0 spiro atoms. The van der Waals surface area contributed by atoms with Gasteiger partial charge in [-0.1, -0.05) is 6.07 Å². The van der Waals surface area contributed by atoms with E-state index in [-0.39, 0.29) is 11.5 Å². The van der Waals surface area contributed by atoms with E-state index >= 15 is 0 Å². The van der Waals surface area contributed by atoms with Gasteiger partial charge in [-0.15, -0.1) is 0 Å². The highest BCUT2D eigenvalue weighted by atomic mass is 19.1. The van der Waals surface area contributed by atoms with Crippen LogP contribution in [0.15, 0.2) is 52.9 Å². The molecule has 0 saturated heterocycles. The first-order chi connectivity index (χ1) is 13.5. The molecule has 4 nitrogen and oxygen atoms in total. The first-order valence-corrected chi connectivity index (χ1v) is 8.90. The molecule has 0 N–H and O–H groups in total. The maximum absolute atomic E-state index is 14.3. The first kappa shape index (κ1) is 18.0. The SMILES string of the molecule is COc1ccc(F)c(-c2nc3ccc(-c4cc(C)c(OC)c(C)c4)cc3o2)c1. The second-order valence-electron chi connectivity index (χ2n) is 6.69. The molecule has 0 radical (unpaired) electrons. The Morgan fingerprint density at radius 3 is 2.29 bits per heavy atom. The molecule has 5 heteroatoms. The number of nitrogens with zero attached hydrogens (tertiary/aromatic N) is 1. The normalized spacial score (nSPS) is 11.0. The molecule has 1 heterocycles. The second kappa shape index (κ2) is 7.00. The number of oxazole rings is 1. The molecule has 0 aliphatic rings. The van der Waals surface area contributed by atoms with E-state index < -0.39 is 5.82 Å². The minimum Gasteiger partial charge on any atom is -0.497 e. The third-order valence-electron chi connectivity index (χ3n) is 4.79. The molecule has 0 unspecified atom stereocenters. The molecule has 0 amide bonds. The molecule has 142 valence electrons. The minimum absolute atomic E-state index is 0.227. The number of aromatic nitrogens is 1. The van der Waals surface area contributed by atoms with Gasteiger partial charge in [-0.05, 0) is 78.6 Å². The van der Waals surface area contributed by atoms with Crippen LogP contribution in [0, 0.1) is 19.7 Å². The number of fused-ring (bicyclic) bond motifs is 1. The fourth-order valence-electron chi connectivity index (χ4n) is 3.45. The van der Waals surface area contributed by atoms with E-state index in [4.69, 9.17) is 13.9 Å². The van der Waals surface area contributed by atoms with Gasteiger partial charge < -0.3 is 13.9 Å². The number of benzene rings is 3. The third kappa shape index (κ3) is 3.09. The molecule has 4 aromatic rings. The fraction of sp³-hybridized carbons (Fsp3) is 0.174. The number of halogens is 1. The van der Waals surface area contributed by atoms with Gasteiger partial charge in [0, 0.05) is 0 Å². The zero-order chi connectivity index (χ0) is 19.8. The van der Waals surface area contributed by atoms with E-state index in [2.05, 4.69) is 17.1 Å². The largest absolute Gasteiger partial charge is 0.497 e. The van der Waals surface area contributed by atoms with Crippen LogP contribution in [0.2, 0.25) is 0 Å². The summed E-state index contributed by atoms with van der Waals surface area (Å²) in [7, 11) is 3.21. The Labute approximate surface area is 162 Å². The van der Waals surface area contributed by atoms with Crippen LogP contribution in [0.25, 0.3) is 33.7 Å². The number of rotatable bonds is 4. The number of methoxy groups -OCH3 is 2. The van der Waals surface area contributed by atoms with Gasteiger partial charge in [0.1, 0.15) is 22.8 Å². The first-order valence-electron chi connectivity index (χ1n) is 8.90. The van der Waals surface area contributed by atoms with Crippen molar-refractivity contribution in [2.75, 3.05) is 14.2 Å². The molecule has 0 saturated carbocycles. The molecule has 0 aliphatic heterocycles. The van der Waals surface area contributed by atoms with Crippen LogP contribution >= 0.6 is 0 Å². The number of hydrogen-bond donors (Lipinski definition) is 0. The van der Waals surface area contributed by atoms with Crippen molar-refractivity contribution in [1.82, 2.24) is 4.98 Å². The third-order valence-corrected chi connectivity index (χ3v) is 4.79. The fourth-order valence-corrected chi connectivity index (χ4v) is 3.45. The van der Waals surface area contributed by atoms with Crippen LogP contribution < -0.4 is 9.47 Å². The predicted molar refractivity (Wildman–Crippen MR) is 107 cm³/mol. The lowest BCUT2D eigenvalue weighted by Crippen LogP contribution is -1.92. The van der Waals surface area contributed by atoms with E-state index in [1.807, 2.05) is 32.0 Å². The Morgan fingerprint density at radius 1 is 0.857 bits per heavy atom. The van der Waals surface area contributed by atoms with E-state index in [0.29, 0.717) is 16.8 Å². The average molecular weight is 377 g/mol. The lowest BCUT2D eigenvalue weighted by atomic mass is 9.99. The van der Waals surface area contributed by atoms with E-state index in [1.54, 1.807) is 19.2 Å². The minimum atomic E-state index is -0.408. The summed E-state index contributed by atoms with van der Waals surface area (Å²) in [4.78, 5) is 4.43. The maximum Gasteiger partial charge on any atom is 0.230 e. The van der Waals surface area contributed by atoms with Crippen molar-refractivity contribution in [2.45, 2.75) is 13.8 Å². The second-order valence-corrected chi connectivity index (χ2v) is 6.69. The summed E-state index contributed by atoms with van der Waals surface area (Å²) in [6.07, 6.45) is 0. The average Bonchev–Trinajstić information content (AvgIpc) is 3.11. The molecule has 1 aromatic heterocycles. The molecule has 0 atom stereocenters. The van der Waals surface area contributed by atoms with Gasteiger partial charge in [0.15, 0.2) is 5.58 Å². The summed E-state index contributed by atoms with van der Waals surface area (Å²) in [5, 5.41) is 0. The Morgan fingerprint density at radius 2 is 1.61 bits per heavy atom. The van der Waals surface area contributed by atoms with Gasteiger partial charge in [0.05, 0.1) is 19.8 Å². The van der Waals surface area contributed by atoms with Gasteiger partial charge in [0.2, 0.25) is 5.89 Å². The molecular formula is C23H20FNO3. The van der Waals surface area contributed by atoms with Crippen LogP contribution in [0.3, 0.4) is 0 Å². The lowest BCUT2D eigenvalue weighted by molar-refractivity contribution is 0.408. The number of aryl methyl sites for hydroxylation is 2. The summed E-state index contributed by atoms with van der Waals surface area (Å²) in [5.74, 6) is 1.25. The highest BCUT2D eigenvalue weighted by Crippen LogP contribution is 2.34. The van der Waals surface area contributed by atoms with Gasteiger partial charge >= 0.3 is 0 Å². The maximum atomic E-state index is 14.3. The highest BCUT2D eigenvalue weighted by Gasteiger charge is 2.15. The van der Waals surface area contributed by atoms with Crippen molar-refractivity contribution in [3.63, 3.8) is 0 Å².